The minimum absolute atomic E-state index is 0.284. The minimum Gasteiger partial charge on any atom is -0.324 e. The average Bonchev–Trinajstić information content (AvgIpc) is 2.67. The second kappa shape index (κ2) is 7.96. The summed E-state index contributed by atoms with van der Waals surface area (Å²) >= 11 is 0. The molecule has 0 unspecified atom stereocenters. The summed E-state index contributed by atoms with van der Waals surface area (Å²) < 4.78 is 27.8. The molecule has 3 rings (SSSR count). The van der Waals surface area contributed by atoms with E-state index in [1.54, 1.807) is 41.0 Å². The maximum Gasteiger partial charge on any atom is 0.243 e. The predicted octanol–water partition coefficient (Wildman–Crippen LogP) is 0.979. The number of pyridine rings is 1. The van der Waals surface area contributed by atoms with Gasteiger partial charge in [-0.15, -0.1) is 0 Å². The number of benzene rings is 1. The second-order valence-electron chi connectivity index (χ2n) is 6.18. The van der Waals surface area contributed by atoms with Crippen molar-refractivity contribution in [3.05, 3.63) is 59.9 Å². The number of hydrogen-bond acceptors (Lipinski definition) is 6. The fraction of sp³-hybridized carbons (Fsp3) is 0.278. The number of likely N-dealkylation sites (N-methyl/N-ethyl adjacent to an activating group) is 1. The van der Waals surface area contributed by atoms with Crippen molar-refractivity contribution in [2.75, 3.05) is 33.2 Å². The van der Waals surface area contributed by atoms with Crippen molar-refractivity contribution in [3.8, 4) is 0 Å². The zero-order valence-electron chi connectivity index (χ0n) is 14.7. The summed E-state index contributed by atoms with van der Waals surface area (Å²) in [5, 5.41) is 0. The first-order valence-electron chi connectivity index (χ1n) is 8.39. The number of nitrogens with two attached hydrogens (primary N) is 1. The van der Waals surface area contributed by atoms with Crippen LogP contribution in [0.2, 0.25) is 0 Å². The van der Waals surface area contributed by atoms with Crippen molar-refractivity contribution in [3.63, 3.8) is 0 Å². The molecule has 0 aliphatic carbocycles. The molecule has 2 heterocycles. The lowest BCUT2D eigenvalue weighted by Crippen LogP contribution is -2.47. The van der Waals surface area contributed by atoms with E-state index >= 15 is 0 Å². The van der Waals surface area contributed by atoms with Crippen LogP contribution in [0.4, 0.5) is 0 Å². The molecule has 7 nitrogen and oxygen atoms in total. The number of piperazine rings is 1. The lowest BCUT2D eigenvalue weighted by atomic mass is 10.1. The van der Waals surface area contributed by atoms with Gasteiger partial charge in [-0.1, -0.05) is 18.2 Å². The molecule has 1 fully saturated rings. The van der Waals surface area contributed by atoms with Crippen molar-refractivity contribution >= 4 is 21.8 Å². The van der Waals surface area contributed by atoms with Gasteiger partial charge in [0.05, 0.1) is 10.6 Å². The third kappa shape index (κ3) is 3.94. The van der Waals surface area contributed by atoms with Crippen LogP contribution in [-0.2, 0) is 10.0 Å². The van der Waals surface area contributed by atoms with Crippen molar-refractivity contribution in [1.82, 2.24) is 19.6 Å². The third-order valence-electron chi connectivity index (χ3n) is 4.45. The van der Waals surface area contributed by atoms with Gasteiger partial charge < -0.3 is 10.3 Å². The van der Waals surface area contributed by atoms with E-state index in [-0.39, 0.29) is 4.90 Å². The SMILES string of the molecule is CN1CCN(S(=O)(=O)c2ccccc2/C=C(\NN)c2ccncc2)CC1. The van der Waals surface area contributed by atoms with Gasteiger partial charge in [0.2, 0.25) is 10.0 Å². The Morgan fingerprint density at radius 1 is 1.12 bits per heavy atom. The van der Waals surface area contributed by atoms with Gasteiger partial charge in [-0.25, -0.2) is 8.42 Å². The molecular formula is C18H23N5O2S. The van der Waals surface area contributed by atoms with Crippen LogP contribution in [0.5, 0.6) is 0 Å². The van der Waals surface area contributed by atoms with E-state index in [9.17, 15) is 8.42 Å². The summed E-state index contributed by atoms with van der Waals surface area (Å²) in [5.41, 5.74) is 4.69. The highest BCUT2D eigenvalue weighted by molar-refractivity contribution is 7.89. The van der Waals surface area contributed by atoms with E-state index in [0.29, 0.717) is 24.4 Å². The Morgan fingerprint density at radius 2 is 1.77 bits per heavy atom. The molecule has 1 aromatic heterocycles. The van der Waals surface area contributed by atoms with Crippen molar-refractivity contribution in [2.45, 2.75) is 4.90 Å². The Kier molecular flexibility index (Phi) is 5.67. The summed E-state index contributed by atoms with van der Waals surface area (Å²) in [5.74, 6) is 5.67. The molecule has 0 bridgehead atoms. The quantitative estimate of drug-likeness (QED) is 0.600. The Bertz CT molecular complexity index is 875. The molecule has 0 atom stereocenters. The molecule has 3 N–H and O–H groups in total. The molecule has 2 aromatic rings. The highest BCUT2D eigenvalue weighted by Crippen LogP contribution is 2.24. The first kappa shape index (κ1) is 18.5. The summed E-state index contributed by atoms with van der Waals surface area (Å²) in [6, 6.07) is 10.6. The van der Waals surface area contributed by atoms with Crippen molar-refractivity contribution in [1.29, 1.82) is 0 Å². The number of hydrogen-bond donors (Lipinski definition) is 2. The minimum atomic E-state index is -3.57. The average molecular weight is 373 g/mol. The van der Waals surface area contributed by atoms with Gasteiger partial charge in [-0.05, 0) is 36.9 Å². The third-order valence-corrected chi connectivity index (χ3v) is 6.42. The van der Waals surface area contributed by atoms with E-state index in [2.05, 4.69) is 15.3 Å². The lowest BCUT2D eigenvalue weighted by molar-refractivity contribution is 0.222. The van der Waals surface area contributed by atoms with Gasteiger partial charge in [-0.2, -0.15) is 4.31 Å². The largest absolute Gasteiger partial charge is 0.324 e. The topological polar surface area (TPSA) is 91.6 Å². The van der Waals surface area contributed by atoms with Crippen LogP contribution < -0.4 is 11.3 Å². The number of nitrogens with one attached hydrogen (secondary N) is 1. The molecule has 8 heteroatoms. The summed E-state index contributed by atoms with van der Waals surface area (Å²) in [6.07, 6.45) is 5.07. The summed E-state index contributed by atoms with van der Waals surface area (Å²) in [6.45, 7) is 2.43. The zero-order chi connectivity index (χ0) is 18.6. The Hall–Kier alpha value is -2.26. The number of rotatable bonds is 5. The first-order chi connectivity index (χ1) is 12.5. The van der Waals surface area contributed by atoms with Crippen LogP contribution in [0.3, 0.4) is 0 Å². The number of hydrazine groups is 1. The van der Waals surface area contributed by atoms with E-state index in [1.165, 1.54) is 0 Å². The second-order valence-corrected chi connectivity index (χ2v) is 8.09. The molecule has 0 radical (unpaired) electrons. The molecule has 1 saturated heterocycles. The first-order valence-corrected chi connectivity index (χ1v) is 9.83. The Balaban J connectivity index is 1.99. The molecule has 138 valence electrons. The van der Waals surface area contributed by atoms with Gasteiger partial charge in [-0.3, -0.25) is 10.8 Å². The van der Waals surface area contributed by atoms with Crippen LogP contribution in [0, 0.1) is 0 Å². The molecule has 0 saturated carbocycles. The van der Waals surface area contributed by atoms with Crippen molar-refractivity contribution < 1.29 is 8.42 Å². The molecular weight excluding hydrogens is 350 g/mol. The summed E-state index contributed by atoms with van der Waals surface area (Å²) in [7, 11) is -1.58. The van der Waals surface area contributed by atoms with E-state index in [0.717, 1.165) is 18.7 Å². The number of sulfonamides is 1. The standard InChI is InChI=1S/C18H23N5O2S/c1-22-10-12-23(13-11-22)26(24,25)18-5-3-2-4-16(18)14-17(21-19)15-6-8-20-9-7-15/h2-9,14,21H,10-13,19H2,1H3/b17-14-. The normalized spacial score (nSPS) is 17.2. The van der Waals surface area contributed by atoms with Crippen LogP contribution in [0.15, 0.2) is 53.7 Å². The smallest absolute Gasteiger partial charge is 0.243 e. The molecule has 0 amide bonds. The van der Waals surface area contributed by atoms with Crippen molar-refractivity contribution in [2.24, 2.45) is 5.84 Å². The maximum atomic E-state index is 13.1. The highest BCUT2D eigenvalue weighted by Gasteiger charge is 2.28. The molecule has 1 aliphatic rings. The van der Waals surface area contributed by atoms with Gasteiger partial charge in [0, 0.05) is 44.1 Å². The van der Waals surface area contributed by atoms with E-state index in [1.807, 2.05) is 25.2 Å². The number of nitrogens with zero attached hydrogens (tertiary/aromatic N) is 3. The van der Waals surface area contributed by atoms with Gasteiger partial charge in [0.15, 0.2) is 0 Å². The van der Waals surface area contributed by atoms with Crippen LogP contribution in [0.1, 0.15) is 11.1 Å². The van der Waals surface area contributed by atoms with Gasteiger partial charge >= 0.3 is 0 Å². The van der Waals surface area contributed by atoms with E-state index in [4.69, 9.17) is 5.84 Å². The van der Waals surface area contributed by atoms with Crippen LogP contribution >= 0.6 is 0 Å². The molecule has 1 aromatic carbocycles. The monoisotopic (exact) mass is 373 g/mol. The zero-order valence-corrected chi connectivity index (χ0v) is 15.5. The Morgan fingerprint density at radius 3 is 2.42 bits per heavy atom. The molecule has 1 aliphatic heterocycles. The van der Waals surface area contributed by atoms with E-state index < -0.39 is 10.0 Å². The maximum absolute atomic E-state index is 13.1. The molecule has 26 heavy (non-hydrogen) atoms. The van der Waals surface area contributed by atoms with Crippen LogP contribution in [-0.4, -0.2) is 55.8 Å². The van der Waals surface area contributed by atoms with Gasteiger partial charge in [0.25, 0.3) is 0 Å². The van der Waals surface area contributed by atoms with Gasteiger partial charge in [0.1, 0.15) is 0 Å². The molecule has 0 spiro atoms. The fourth-order valence-corrected chi connectivity index (χ4v) is 4.50. The predicted molar refractivity (Wildman–Crippen MR) is 102 cm³/mol. The Labute approximate surface area is 154 Å². The summed E-state index contributed by atoms with van der Waals surface area (Å²) in [4.78, 5) is 6.40. The highest BCUT2D eigenvalue weighted by atomic mass is 32.2. The fourth-order valence-electron chi connectivity index (χ4n) is 2.90. The van der Waals surface area contributed by atoms with Crippen LogP contribution in [0.25, 0.3) is 11.8 Å². The lowest BCUT2D eigenvalue weighted by Gasteiger charge is -2.31. The number of aromatic nitrogens is 1.